The Kier molecular flexibility index (Phi) is 3.45. The van der Waals surface area contributed by atoms with Crippen LogP contribution in [0, 0.1) is 0 Å². The molecule has 0 amide bonds. The Bertz CT molecular complexity index is 450. The first-order valence-corrected chi connectivity index (χ1v) is 7.86. The number of hydrogen-bond acceptors (Lipinski definition) is 1. The summed E-state index contributed by atoms with van der Waals surface area (Å²) in [7, 11) is -0.944. The van der Waals surface area contributed by atoms with Crippen LogP contribution in [0.2, 0.25) is 0 Å². The van der Waals surface area contributed by atoms with E-state index >= 15 is 0 Å². The largest absolute Gasteiger partial charge is 0.373 e. The van der Waals surface area contributed by atoms with Gasteiger partial charge in [0.05, 0.1) is 0 Å². The lowest BCUT2D eigenvalue weighted by Crippen LogP contribution is -1.93. The normalized spacial score (nSPS) is 24.3. The lowest BCUT2D eigenvalue weighted by atomic mass is 10.0. The van der Waals surface area contributed by atoms with Gasteiger partial charge in [0.1, 0.15) is 0 Å². The lowest BCUT2D eigenvalue weighted by molar-refractivity contribution is 0.609. The fourth-order valence-corrected chi connectivity index (χ4v) is 5.00. The van der Waals surface area contributed by atoms with Crippen LogP contribution in [-0.2, 0) is 0 Å². The average molecular weight is 256 g/mol. The van der Waals surface area contributed by atoms with Gasteiger partial charge < -0.3 is 4.89 Å². The molecule has 18 heavy (non-hydrogen) atoms. The first-order chi connectivity index (χ1) is 8.86. The summed E-state index contributed by atoms with van der Waals surface area (Å²) >= 11 is 0. The molecule has 2 heteroatoms. The van der Waals surface area contributed by atoms with E-state index in [1.54, 1.807) is 0 Å². The molecule has 0 radical (unpaired) electrons. The first kappa shape index (κ1) is 11.9. The molecule has 1 nitrogen and oxygen atoms in total. The quantitative estimate of drug-likeness (QED) is 0.775. The van der Waals surface area contributed by atoms with Gasteiger partial charge in [-0.15, -0.1) is 0 Å². The van der Waals surface area contributed by atoms with E-state index in [4.69, 9.17) is 0 Å². The molecule has 0 saturated carbocycles. The monoisotopic (exact) mass is 256 g/mol. The van der Waals surface area contributed by atoms with Gasteiger partial charge in [0, 0.05) is 19.5 Å². The van der Waals surface area contributed by atoms with E-state index in [1.165, 1.54) is 11.1 Å². The zero-order valence-electron chi connectivity index (χ0n) is 10.2. The van der Waals surface area contributed by atoms with Gasteiger partial charge in [-0.25, -0.2) is 0 Å². The zero-order valence-corrected chi connectivity index (χ0v) is 11.1. The molecule has 0 unspecified atom stereocenters. The molecule has 2 aromatic rings. The van der Waals surface area contributed by atoms with Gasteiger partial charge in [0.25, 0.3) is 0 Å². The number of benzene rings is 2. The van der Waals surface area contributed by atoms with E-state index in [-0.39, 0.29) is 0 Å². The highest BCUT2D eigenvalue weighted by Crippen LogP contribution is 2.67. The van der Waals surface area contributed by atoms with Crippen LogP contribution in [0.25, 0.3) is 0 Å². The van der Waals surface area contributed by atoms with Crippen LogP contribution in [0.15, 0.2) is 60.7 Å². The standard InChI is InChI=1S/C16H17OP/c17-18-15(13-7-3-1-4-8-13)11-12-16(18)14-9-5-2-6-10-14/h1-10,15-17H,11-12H2/t15-,16-/m1/s1. The second kappa shape index (κ2) is 5.22. The predicted molar refractivity (Wildman–Crippen MR) is 76.7 cm³/mol. The topological polar surface area (TPSA) is 20.2 Å². The van der Waals surface area contributed by atoms with E-state index in [1.807, 2.05) is 12.1 Å². The summed E-state index contributed by atoms with van der Waals surface area (Å²) in [5, 5.41) is 0. The van der Waals surface area contributed by atoms with Gasteiger partial charge in [-0.05, 0) is 24.0 Å². The minimum atomic E-state index is -0.944. The highest BCUT2D eigenvalue weighted by molar-refractivity contribution is 7.52. The molecule has 1 N–H and O–H groups in total. The van der Waals surface area contributed by atoms with Crippen molar-refractivity contribution in [2.45, 2.75) is 24.2 Å². The Morgan fingerprint density at radius 3 is 1.50 bits per heavy atom. The molecule has 1 aliphatic rings. The molecule has 0 aliphatic carbocycles. The predicted octanol–water partition coefficient (Wildman–Crippen LogP) is 4.65. The lowest BCUT2D eigenvalue weighted by Gasteiger charge is -2.20. The van der Waals surface area contributed by atoms with Crippen molar-refractivity contribution in [3.8, 4) is 0 Å². The molecule has 3 rings (SSSR count). The highest BCUT2D eigenvalue weighted by atomic mass is 31.1. The molecule has 0 bridgehead atoms. The first-order valence-electron chi connectivity index (χ1n) is 6.43. The maximum Gasteiger partial charge on any atom is 0.0404 e. The van der Waals surface area contributed by atoms with Crippen LogP contribution in [0.1, 0.15) is 35.3 Å². The van der Waals surface area contributed by atoms with Gasteiger partial charge >= 0.3 is 0 Å². The summed E-state index contributed by atoms with van der Waals surface area (Å²) < 4.78 is 0. The van der Waals surface area contributed by atoms with Crippen molar-refractivity contribution >= 4 is 8.15 Å². The van der Waals surface area contributed by atoms with Gasteiger partial charge in [-0.1, -0.05) is 60.7 Å². The van der Waals surface area contributed by atoms with Crippen LogP contribution >= 0.6 is 8.15 Å². The fraction of sp³-hybridized carbons (Fsp3) is 0.250. The summed E-state index contributed by atoms with van der Waals surface area (Å²) in [5.74, 6) is 0. The highest BCUT2D eigenvalue weighted by Gasteiger charge is 2.36. The van der Waals surface area contributed by atoms with Crippen LogP contribution in [0.5, 0.6) is 0 Å². The molecular weight excluding hydrogens is 239 g/mol. The molecular formula is C16H17OP. The van der Waals surface area contributed by atoms with Gasteiger partial charge in [-0.3, -0.25) is 0 Å². The maximum atomic E-state index is 10.6. The van der Waals surface area contributed by atoms with E-state index in [0.29, 0.717) is 11.3 Å². The van der Waals surface area contributed by atoms with Gasteiger partial charge in [-0.2, -0.15) is 0 Å². The Balaban J connectivity index is 1.83. The second-order valence-corrected chi connectivity index (χ2v) is 6.82. The SMILES string of the molecule is OP1[C@@H](c2ccccc2)CC[C@@H]1c1ccccc1. The minimum absolute atomic E-state index is 0.353. The van der Waals surface area contributed by atoms with Gasteiger partial charge in [0.2, 0.25) is 0 Å². The Morgan fingerprint density at radius 1 is 0.722 bits per heavy atom. The number of hydrogen-bond donors (Lipinski definition) is 1. The Labute approximate surface area is 109 Å². The summed E-state index contributed by atoms with van der Waals surface area (Å²) in [6.07, 6.45) is 2.21. The van der Waals surface area contributed by atoms with Crippen molar-refractivity contribution in [3.63, 3.8) is 0 Å². The zero-order chi connectivity index (χ0) is 12.4. The van der Waals surface area contributed by atoms with Crippen LogP contribution in [-0.4, -0.2) is 4.89 Å². The molecule has 1 heterocycles. The molecule has 0 aromatic heterocycles. The molecule has 1 fully saturated rings. The van der Waals surface area contributed by atoms with Crippen molar-refractivity contribution in [1.29, 1.82) is 0 Å². The van der Waals surface area contributed by atoms with Crippen molar-refractivity contribution in [2.75, 3.05) is 0 Å². The van der Waals surface area contributed by atoms with Crippen LogP contribution < -0.4 is 0 Å². The number of rotatable bonds is 2. The summed E-state index contributed by atoms with van der Waals surface area (Å²) in [6, 6.07) is 20.9. The molecule has 2 aromatic carbocycles. The smallest absolute Gasteiger partial charge is 0.0404 e. The third-order valence-corrected chi connectivity index (χ3v) is 6.11. The minimum Gasteiger partial charge on any atom is -0.373 e. The van der Waals surface area contributed by atoms with Crippen LogP contribution in [0.4, 0.5) is 0 Å². The molecule has 2 atom stereocenters. The van der Waals surface area contributed by atoms with Gasteiger partial charge in [0.15, 0.2) is 0 Å². The molecule has 1 saturated heterocycles. The summed E-state index contributed by atoms with van der Waals surface area (Å²) in [6.45, 7) is 0. The van der Waals surface area contributed by atoms with Crippen molar-refractivity contribution in [1.82, 2.24) is 0 Å². The Hall–Kier alpha value is -1.17. The molecule has 92 valence electrons. The summed E-state index contributed by atoms with van der Waals surface area (Å²) in [4.78, 5) is 10.6. The van der Waals surface area contributed by atoms with Crippen molar-refractivity contribution in [2.24, 2.45) is 0 Å². The van der Waals surface area contributed by atoms with E-state index in [9.17, 15) is 4.89 Å². The van der Waals surface area contributed by atoms with E-state index < -0.39 is 8.15 Å². The third-order valence-electron chi connectivity index (χ3n) is 3.72. The van der Waals surface area contributed by atoms with E-state index in [0.717, 1.165) is 12.8 Å². The van der Waals surface area contributed by atoms with Crippen molar-refractivity contribution < 1.29 is 4.89 Å². The van der Waals surface area contributed by atoms with Crippen LogP contribution in [0.3, 0.4) is 0 Å². The van der Waals surface area contributed by atoms with E-state index in [2.05, 4.69) is 48.5 Å². The Morgan fingerprint density at radius 2 is 1.11 bits per heavy atom. The fourth-order valence-electron chi connectivity index (χ4n) is 2.79. The summed E-state index contributed by atoms with van der Waals surface area (Å²) in [5.41, 5.74) is 3.30. The molecule has 0 spiro atoms. The maximum absolute atomic E-state index is 10.6. The molecule has 1 aliphatic heterocycles. The third kappa shape index (κ3) is 2.21. The second-order valence-electron chi connectivity index (χ2n) is 4.81. The van der Waals surface area contributed by atoms with Crippen molar-refractivity contribution in [3.05, 3.63) is 71.8 Å². The average Bonchev–Trinajstić information content (AvgIpc) is 2.83.